The Hall–Kier alpha value is -8.03. The normalized spacial score (nSPS) is 20.6. The molecule has 94 heavy (non-hydrogen) atoms. The second kappa shape index (κ2) is 43.8. The summed E-state index contributed by atoms with van der Waals surface area (Å²) in [5.41, 5.74) is 0.819. The summed E-state index contributed by atoms with van der Waals surface area (Å²) in [7, 11) is 0. The average molecular weight is 1340 g/mol. The molecule has 6 amide bonds. The monoisotopic (exact) mass is 1340 g/mol. The predicted molar refractivity (Wildman–Crippen MR) is 320 cm³/mol. The van der Waals surface area contributed by atoms with E-state index in [0.717, 1.165) is 26.3 Å². The number of ether oxygens (including phenoxy) is 16. The summed E-state index contributed by atoms with van der Waals surface area (Å²) < 4.78 is 88.2. The summed E-state index contributed by atoms with van der Waals surface area (Å²) >= 11 is 0. The van der Waals surface area contributed by atoms with Gasteiger partial charge < -0.3 is 113 Å². The van der Waals surface area contributed by atoms with Gasteiger partial charge in [-0.1, -0.05) is 30.3 Å². The molecular formula is C60H86N6O28. The van der Waals surface area contributed by atoms with Crippen LogP contribution < -0.4 is 31.9 Å². The highest BCUT2D eigenvalue weighted by atomic mass is 16.7. The van der Waals surface area contributed by atoms with E-state index in [2.05, 4.69) is 31.9 Å². The van der Waals surface area contributed by atoms with Gasteiger partial charge in [0.05, 0.1) is 92.5 Å². The summed E-state index contributed by atoms with van der Waals surface area (Å²) in [4.78, 5) is 135. The molecule has 0 bridgehead atoms. The van der Waals surface area contributed by atoms with Gasteiger partial charge in [-0.2, -0.15) is 0 Å². The van der Waals surface area contributed by atoms with E-state index in [-0.39, 0.29) is 142 Å². The molecule has 524 valence electrons. The average Bonchev–Trinajstić information content (AvgIpc) is 0.801. The minimum atomic E-state index is -1.47. The van der Waals surface area contributed by atoms with E-state index in [1.54, 1.807) is 24.3 Å². The number of nitrogens with one attached hydrogen (secondary N) is 6. The fourth-order valence-electron chi connectivity index (χ4n) is 8.86. The van der Waals surface area contributed by atoms with Crippen molar-refractivity contribution in [1.82, 2.24) is 26.6 Å². The fourth-order valence-corrected chi connectivity index (χ4v) is 8.86. The van der Waals surface area contributed by atoms with Crippen molar-refractivity contribution in [3.63, 3.8) is 0 Å². The zero-order chi connectivity index (χ0) is 68.8. The van der Waals surface area contributed by atoms with Crippen LogP contribution in [0.5, 0.6) is 0 Å². The molecule has 0 radical (unpaired) electrons. The number of benzene rings is 2. The van der Waals surface area contributed by atoms with E-state index < -0.39 is 133 Å². The number of hydrogen-bond acceptors (Lipinski definition) is 28. The van der Waals surface area contributed by atoms with Gasteiger partial charge in [0, 0.05) is 78.4 Å². The first kappa shape index (κ1) is 78.4. The molecule has 2 aliphatic rings. The van der Waals surface area contributed by atoms with Gasteiger partial charge in [0.1, 0.15) is 56.8 Å². The van der Waals surface area contributed by atoms with Crippen LogP contribution in [0.4, 0.5) is 10.5 Å². The van der Waals surface area contributed by atoms with E-state index in [0.29, 0.717) is 0 Å². The van der Waals surface area contributed by atoms with Gasteiger partial charge in [0.25, 0.3) is 11.8 Å². The SMILES string of the molecule is CC(=O)N[C@H]1C(OCCOCCOCCOCCNC(=O)c2cc(NC(=O)CNC(=O)OCc3ccccc3)cc(C(=O)NCCOCCOCCOCCOC3O[C@H](COC(C)=O)[C@H](OC(C)=O)[C@H](OC(C)=O)[C@H]3NC(C)=O)c2)O[C@H](COC(C)=O)[C@H](OC(C)=O)[C@@H]1O. The van der Waals surface area contributed by atoms with Gasteiger partial charge in [-0.05, 0) is 23.8 Å². The summed E-state index contributed by atoms with van der Waals surface area (Å²) in [5.74, 6) is -6.45. The molecule has 2 aromatic rings. The molecule has 0 spiro atoms. The Morgan fingerprint density at radius 3 is 1.33 bits per heavy atom. The largest absolute Gasteiger partial charge is 0.463 e. The lowest BCUT2D eigenvalue weighted by Gasteiger charge is -2.44. The summed E-state index contributed by atoms with van der Waals surface area (Å²) in [6, 6.07) is 10.6. The van der Waals surface area contributed by atoms with Crippen molar-refractivity contribution in [2.24, 2.45) is 0 Å². The van der Waals surface area contributed by atoms with Crippen LogP contribution in [-0.4, -0.2) is 257 Å². The number of esters is 5. The van der Waals surface area contributed by atoms with Crippen LogP contribution in [0, 0.1) is 0 Å². The number of aliphatic hydroxyl groups is 1. The van der Waals surface area contributed by atoms with E-state index >= 15 is 0 Å². The van der Waals surface area contributed by atoms with Crippen molar-refractivity contribution in [3.05, 3.63) is 65.2 Å². The van der Waals surface area contributed by atoms with Crippen LogP contribution in [0.3, 0.4) is 0 Å². The molecule has 10 atom stereocenters. The zero-order valence-electron chi connectivity index (χ0n) is 53.5. The first-order valence-electron chi connectivity index (χ1n) is 30.0. The Morgan fingerprint density at radius 2 is 0.872 bits per heavy atom. The van der Waals surface area contributed by atoms with Gasteiger partial charge in [-0.15, -0.1) is 0 Å². The Bertz CT molecular complexity index is 2740. The highest BCUT2D eigenvalue weighted by Crippen LogP contribution is 2.29. The minimum Gasteiger partial charge on any atom is -0.463 e. The molecular weight excluding hydrogens is 1250 g/mol. The van der Waals surface area contributed by atoms with Gasteiger partial charge in [-0.3, -0.25) is 47.9 Å². The lowest BCUT2D eigenvalue weighted by Crippen LogP contribution is -2.66. The van der Waals surface area contributed by atoms with E-state index in [4.69, 9.17) is 75.8 Å². The Balaban J connectivity index is 1.17. The first-order valence-corrected chi connectivity index (χ1v) is 30.0. The second-order valence-corrected chi connectivity index (χ2v) is 20.5. The van der Waals surface area contributed by atoms with Gasteiger partial charge >= 0.3 is 35.9 Å². The van der Waals surface area contributed by atoms with Crippen LogP contribution in [0.1, 0.15) is 74.7 Å². The quantitative estimate of drug-likeness (QED) is 0.0235. The molecule has 2 heterocycles. The molecule has 0 aromatic heterocycles. The van der Waals surface area contributed by atoms with Crippen molar-refractivity contribution in [2.75, 3.05) is 131 Å². The standard InChI is InChI=1S/C60H86N6O28/c1-36(67)64-50-52(75)53(90-40(5)71)47(34-87-38(3)69)93-58(50)85-27-25-83-23-21-81-19-17-79-15-13-61-56(76)44-29-45(31-46(30-44)66-49(74)32-63-60(78)89-33-43-11-9-8-10-12-43)57(77)62-14-16-80-18-20-82-22-24-84-26-28-86-59-51(65-37(2)68)55(92-42(7)73)54(91-41(6)72)48(94-59)35-88-39(4)70/h8-12,29-31,47-48,50-55,58-59,75H,13-28,32-35H2,1-7H3,(H,61,76)(H,62,77)(H,63,78)(H,64,67)(H,65,68)(H,66,74)/t47-,48-,50-,51-,52-,53+,54+,55-,58?,59?/m1/s1. The van der Waals surface area contributed by atoms with E-state index in [9.17, 15) is 57.8 Å². The molecule has 2 aliphatic heterocycles. The smallest absolute Gasteiger partial charge is 0.407 e. The molecule has 34 nitrogen and oxygen atoms in total. The van der Waals surface area contributed by atoms with Gasteiger partial charge in [0.2, 0.25) is 17.7 Å². The molecule has 2 aromatic carbocycles. The van der Waals surface area contributed by atoms with Crippen LogP contribution in [0.2, 0.25) is 0 Å². The molecule has 7 N–H and O–H groups in total. The van der Waals surface area contributed by atoms with Crippen LogP contribution in [-0.2, 0) is 121 Å². The molecule has 2 fully saturated rings. The van der Waals surface area contributed by atoms with Crippen LogP contribution >= 0.6 is 0 Å². The maximum atomic E-state index is 13.4. The lowest BCUT2D eigenvalue weighted by molar-refractivity contribution is -0.279. The number of alkyl carbamates (subject to hydrolysis) is 1. The molecule has 2 unspecified atom stereocenters. The van der Waals surface area contributed by atoms with Crippen molar-refractivity contribution in [3.8, 4) is 0 Å². The number of amides is 6. The van der Waals surface area contributed by atoms with E-state index in [1.165, 1.54) is 45.9 Å². The zero-order valence-corrected chi connectivity index (χ0v) is 53.5. The third-order valence-corrected chi connectivity index (χ3v) is 12.8. The number of carbonyl (C=O) groups is 11. The maximum Gasteiger partial charge on any atom is 0.407 e. The molecule has 0 saturated carbocycles. The third kappa shape index (κ3) is 31.3. The Kier molecular flexibility index (Phi) is 36.5. The highest BCUT2D eigenvalue weighted by Gasteiger charge is 2.52. The Morgan fingerprint density at radius 1 is 0.457 bits per heavy atom. The van der Waals surface area contributed by atoms with Crippen molar-refractivity contribution in [1.29, 1.82) is 0 Å². The third-order valence-electron chi connectivity index (χ3n) is 12.8. The topological polar surface area (TPSA) is 428 Å². The summed E-state index contributed by atoms with van der Waals surface area (Å²) in [5, 5.41) is 26.5. The maximum absolute atomic E-state index is 13.4. The highest BCUT2D eigenvalue weighted by molar-refractivity contribution is 6.03. The lowest BCUT2D eigenvalue weighted by atomic mass is 9.96. The van der Waals surface area contributed by atoms with E-state index in [1.807, 2.05) is 6.07 Å². The number of anilines is 1. The van der Waals surface area contributed by atoms with Crippen molar-refractivity contribution >= 4 is 71.2 Å². The van der Waals surface area contributed by atoms with Crippen molar-refractivity contribution < 1.29 is 134 Å². The van der Waals surface area contributed by atoms with Gasteiger partial charge in [-0.25, -0.2) is 4.79 Å². The molecule has 0 aliphatic carbocycles. The molecule has 34 heteroatoms. The number of rotatable bonds is 42. The van der Waals surface area contributed by atoms with Crippen molar-refractivity contribution in [2.45, 2.75) is 116 Å². The van der Waals surface area contributed by atoms with Gasteiger partial charge in [0.15, 0.2) is 30.9 Å². The Labute approximate surface area is 542 Å². The number of aliphatic hydroxyl groups excluding tert-OH is 1. The molecule has 4 rings (SSSR count). The number of hydrogen-bond donors (Lipinski definition) is 7. The van der Waals surface area contributed by atoms with Crippen LogP contribution in [0.15, 0.2) is 48.5 Å². The second-order valence-electron chi connectivity index (χ2n) is 20.5. The molecule has 2 saturated heterocycles. The minimum absolute atomic E-state index is 0.00806. The fraction of sp³-hybridized carbons (Fsp3) is 0.617. The van der Waals surface area contributed by atoms with Crippen LogP contribution in [0.25, 0.3) is 0 Å². The predicted octanol–water partition coefficient (Wildman–Crippen LogP) is -1.11. The first-order chi connectivity index (χ1) is 45.0. The summed E-state index contributed by atoms with van der Waals surface area (Å²) in [6.07, 6.45) is -10.9. The summed E-state index contributed by atoms with van der Waals surface area (Å²) in [6.45, 7) is 8.29. The number of carbonyl (C=O) groups excluding carboxylic acids is 11.